The minimum absolute atomic E-state index is 0.00189. The molecule has 1 atom stereocenters. The second-order valence-electron chi connectivity index (χ2n) is 5.54. The lowest BCUT2D eigenvalue weighted by Crippen LogP contribution is -2.47. The van der Waals surface area contributed by atoms with Gasteiger partial charge in [-0.25, -0.2) is 17.5 Å². The lowest BCUT2D eigenvalue weighted by atomic mass is 10.2. The standard InChI is InChI=1S/C15H21FN2O4S/c1-3-4-7-23(20,21)17-9-15(19)18-10-11(2)22-14-8-12(16)5-6-13(14)18/h5-6,8,11,17H,3-4,7,9-10H2,1-2H3/t11-/m1/s1. The first-order chi connectivity index (χ1) is 10.8. The molecule has 1 aliphatic heterocycles. The van der Waals surface area contributed by atoms with Crippen LogP contribution in [0.3, 0.4) is 0 Å². The molecule has 23 heavy (non-hydrogen) atoms. The van der Waals surface area contributed by atoms with Gasteiger partial charge in [-0.3, -0.25) is 4.79 Å². The van der Waals surface area contributed by atoms with Crippen LogP contribution in [0.25, 0.3) is 0 Å². The molecule has 1 aromatic carbocycles. The number of benzene rings is 1. The van der Waals surface area contributed by atoms with Gasteiger partial charge in [0.25, 0.3) is 0 Å². The lowest BCUT2D eigenvalue weighted by molar-refractivity contribution is -0.118. The number of fused-ring (bicyclic) bond motifs is 1. The predicted molar refractivity (Wildman–Crippen MR) is 85.5 cm³/mol. The van der Waals surface area contributed by atoms with Gasteiger partial charge in [0.15, 0.2) is 0 Å². The Morgan fingerprint density at radius 3 is 2.91 bits per heavy atom. The molecule has 8 heteroatoms. The first-order valence-corrected chi connectivity index (χ1v) is 9.21. The molecular formula is C15H21FN2O4S. The molecule has 0 saturated carbocycles. The highest BCUT2D eigenvalue weighted by Crippen LogP contribution is 2.33. The highest BCUT2D eigenvalue weighted by molar-refractivity contribution is 7.89. The normalized spacial score (nSPS) is 17.5. The van der Waals surface area contributed by atoms with Crippen LogP contribution in [0.4, 0.5) is 10.1 Å². The second-order valence-corrected chi connectivity index (χ2v) is 7.46. The van der Waals surface area contributed by atoms with Crippen molar-refractivity contribution in [3.05, 3.63) is 24.0 Å². The van der Waals surface area contributed by atoms with Crippen molar-refractivity contribution in [1.82, 2.24) is 4.72 Å². The number of anilines is 1. The molecule has 1 amide bonds. The third-order valence-electron chi connectivity index (χ3n) is 3.49. The molecule has 2 rings (SSSR count). The fraction of sp³-hybridized carbons (Fsp3) is 0.533. The van der Waals surface area contributed by atoms with E-state index in [0.29, 0.717) is 12.1 Å². The van der Waals surface area contributed by atoms with Crippen molar-refractivity contribution in [3.8, 4) is 5.75 Å². The number of carbonyl (C=O) groups is 1. The van der Waals surface area contributed by atoms with Gasteiger partial charge in [0.1, 0.15) is 17.7 Å². The molecule has 1 aromatic rings. The van der Waals surface area contributed by atoms with Crippen LogP contribution in [0.5, 0.6) is 5.75 Å². The molecule has 0 unspecified atom stereocenters. The topological polar surface area (TPSA) is 75.7 Å². The van der Waals surface area contributed by atoms with Crippen molar-refractivity contribution in [2.45, 2.75) is 32.8 Å². The number of rotatable bonds is 6. The van der Waals surface area contributed by atoms with E-state index in [9.17, 15) is 17.6 Å². The summed E-state index contributed by atoms with van der Waals surface area (Å²) in [6.07, 6.45) is 1.000. The Hall–Kier alpha value is -1.67. The quantitative estimate of drug-likeness (QED) is 0.851. The molecule has 1 aliphatic rings. The molecule has 0 saturated heterocycles. The number of ether oxygens (including phenoxy) is 1. The minimum atomic E-state index is -3.46. The molecule has 0 aromatic heterocycles. The summed E-state index contributed by atoms with van der Waals surface area (Å²) in [5.74, 6) is -0.567. The Morgan fingerprint density at radius 1 is 1.48 bits per heavy atom. The van der Waals surface area contributed by atoms with E-state index in [2.05, 4.69) is 4.72 Å². The number of nitrogens with one attached hydrogen (secondary N) is 1. The maximum atomic E-state index is 13.3. The molecular weight excluding hydrogens is 323 g/mol. The fourth-order valence-corrected chi connectivity index (χ4v) is 3.48. The summed E-state index contributed by atoms with van der Waals surface area (Å²) in [5.41, 5.74) is 0.447. The summed E-state index contributed by atoms with van der Waals surface area (Å²) in [4.78, 5) is 13.8. The number of hydrogen-bond donors (Lipinski definition) is 1. The van der Waals surface area contributed by atoms with Gasteiger partial charge >= 0.3 is 0 Å². The molecule has 0 fully saturated rings. The van der Waals surface area contributed by atoms with E-state index >= 15 is 0 Å². The van der Waals surface area contributed by atoms with Gasteiger partial charge in [-0.15, -0.1) is 0 Å². The third-order valence-corrected chi connectivity index (χ3v) is 4.90. The van der Waals surface area contributed by atoms with Crippen LogP contribution in [0.15, 0.2) is 18.2 Å². The summed E-state index contributed by atoms with van der Waals surface area (Å²) < 4.78 is 44.7. The molecule has 1 heterocycles. The van der Waals surface area contributed by atoms with Crippen molar-refractivity contribution in [1.29, 1.82) is 0 Å². The van der Waals surface area contributed by atoms with Crippen molar-refractivity contribution in [2.24, 2.45) is 0 Å². The van der Waals surface area contributed by atoms with Gasteiger partial charge in [-0.2, -0.15) is 0 Å². The summed E-state index contributed by atoms with van der Waals surface area (Å²) >= 11 is 0. The maximum absolute atomic E-state index is 13.3. The molecule has 1 N–H and O–H groups in total. The number of halogens is 1. The molecule has 0 aliphatic carbocycles. The third kappa shape index (κ3) is 4.65. The lowest BCUT2D eigenvalue weighted by Gasteiger charge is -2.33. The first kappa shape index (κ1) is 17.7. The number of carbonyl (C=O) groups excluding carboxylic acids is 1. The first-order valence-electron chi connectivity index (χ1n) is 7.56. The predicted octanol–water partition coefficient (Wildman–Crippen LogP) is 1.66. The fourth-order valence-electron chi connectivity index (χ4n) is 2.32. The van der Waals surface area contributed by atoms with Crippen LogP contribution < -0.4 is 14.4 Å². The van der Waals surface area contributed by atoms with Gasteiger partial charge in [0.05, 0.1) is 24.5 Å². The number of hydrogen-bond acceptors (Lipinski definition) is 4. The molecule has 0 radical (unpaired) electrons. The molecule has 128 valence electrons. The number of nitrogens with zero attached hydrogens (tertiary/aromatic N) is 1. The van der Waals surface area contributed by atoms with Crippen LogP contribution in [-0.4, -0.2) is 39.3 Å². The van der Waals surface area contributed by atoms with E-state index in [1.54, 1.807) is 6.92 Å². The molecule has 0 bridgehead atoms. The number of amides is 1. The second kappa shape index (κ2) is 7.27. The number of sulfonamides is 1. The Bertz CT molecular complexity index is 678. The van der Waals surface area contributed by atoms with E-state index in [-0.39, 0.29) is 30.7 Å². The van der Waals surface area contributed by atoms with Crippen LogP contribution >= 0.6 is 0 Å². The monoisotopic (exact) mass is 344 g/mol. The van der Waals surface area contributed by atoms with Gasteiger partial charge in [0, 0.05) is 6.07 Å². The van der Waals surface area contributed by atoms with Gasteiger partial charge in [-0.1, -0.05) is 13.3 Å². The SMILES string of the molecule is CCCCS(=O)(=O)NCC(=O)N1C[C@@H](C)Oc2cc(F)ccc21. The summed E-state index contributed by atoms with van der Waals surface area (Å²) in [5, 5.41) is 0. The zero-order chi connectivity index (χ0) is 17.0. The van der Waals surface area contributed by atoms with Crippen molar-refractivity contribution >= 4 is 21.6 Å². The van der Waals surface area contributed by atoms with Gasteiger partial charge < -0.3 is 9.64 Å². The van der Waals surface area contributed by atoms with Crippen LogP contribution in [0, 0.1) is 5.82 Å². The van der Waals surface area contributed by atoms with Crippen molar-refractivity contribution in [3.63, 3.8) is 0 Å². The van der Waals surface area contributed by atoms with Crippen molar-refractivity contribution < 1.29 is 22.3 Å². The maximum Gasteiger partial charge on any atom is 0.242 e. The van der Waals surface area contributed by atoms with Crippen LogP contribution in [0.1, 0.15) is 26.7 Å². The number of unbranched alkanes of at least 4 members (excludes halogenated alkanes) is 1. The Labute approximate surface area is 135 Å². The Kier molecular flexibility index (Phi) is 5.59. The Balaban J connectivity index is 2.08. The summed E-state index contributed by atoms with van der Waals surface area (Å²) in [6, 6.07) is 3.92. The minimum Gasteiger partial charge on any atom is -0.487 e. The van der Waals surface area contributed by atoms with E-state index in [0.717, 1.165) is 6.42 Å². The zero-order valence-electron chi connectivity index (χ0n) is 13.2. The van der Waals surface area contributed by atoms with Crippen LogP contribution in [-0.2, 0) is 14.8 Å². The molecule has 0 spiro atoms. The average molecular weight is 344 g/mol. The summed E-state index contributed by atoms with van der Waals surface area (Å²) in [6.45, 7) is 3.62. The smallest absolute Gasteiger partial charge is 0.242 e. The Morgan fingerprint density at radius 2 is 2.22 bits per heavy atom. The van der Waals surface area contributed by atoms with E-state index in [1.165, 1.54) is 23.1 Å². The zero-order valence-corrected chi connectivity index (χ0v) is 14.0. The highest BCUT2D eigenvalue weighted by Gasteiger charge is 2.28. The van der Waals surface area contributed by atoms with Crippen molar-refractivity contribution in [2.75, 3.05) is 23.7 Å². The van der Waals surface area contributed by atoms with Gasteiger partial charge in [-0.05, 0) is 25.5 Å². The van der Waals surface area contributed by atoms with E-state index in [4.69, 9.17) is 4.74 Å². The highest BCUT2D eigenvalue weighted by atomic mass is 32.2. The van der Waals surface area contributed by atoms with Crippen LogP contribution in [0.2, 0.25) is 0 Å². The summed E-state index contributed by atoms with van der Waals surface area (Å²) in [7, 11) is -3.46. The van der Waals surface area contributed by atoms with E-state index in [1.807, 2.05) is 6.92 Å². The largest absolute Gasteiger partial charge is 0.487 e. The molecule has 6 nitrogen and oxygen atoms in total. The van der Waals surface area contributed by atoms with E-state index < -0.39 is 21.7 Å². The average Bonchev–Trinajstić information content (AvgIpc) is 2.49. The van der Waals surface area contributed by atoms with Gasteiger partial charge in [0.2, 0.25) is 15.9 Å².